The molecule has 0 unspecified atom stereocenters. The number of carbonyl (C=O) groups is 1. The summed E-state index contributed by atoms with van der Waals surface area (Å²) in [6.45, 7) is 0. The summed E-state index contributed by atoms with van der Waals surface area (Å²) >= 11 is 2.13. The van der Waals surface area contributed by atoms with Crippen LogP contribution in [0.2, 0.25) is 0 Å². The lowest BCUT2D eigenvalue weighted by molar-refractivity contribution is 0.102. The number of carbonyl (C=O) groups excluding carboxylic acids is 1. The van der Waals surface area contributed by atoms with Gasteiger partial charge in [-0.25, -0.2) is 0 Å². The Morgan fingerprint density at radius 3 is 2.81 bits per heavy atom. The lowest BCUT2D eigenvalue weighted by Crippen LogP contribution is -2.15. The fourth-order valence-electron chi connectivity index (χ4n) is 2.78. The van der Waals surface area contributed by atoms with Crippen LogP contribution in [0.4, 0.5) is 5.69 Å². The lowest BCUT2D eigenvalue weighted by Gasteiger charge is -2.19. The van der Waals surface area contributed by atoms with Gasteiger partial charge in [0.05, 0.1) is 5.56 Å². The van der Waals surface area contributed by atoms with E-state index >= 15 is 0 Å². The third-order valence-corrected chi connectivity index (χ3v) is 4.52. The number of aryl methyl sites for hydroxylation is 1. The molecule has 1 amide bonds. The molecule has 0 saturated carbocycles. The van der Waals surface area contributed by atoms with E-state index in [4.69, 9.17) is 0 Å². The summed E-state index contributed by atoms with van der Waals surface area (Å²) in [5.41, 5.74) is 3.75. The van der Waals surface area contributed by atoms with Gasteiger partial charge in [0, 0.05) is 9.26 Å². The first-order chi connectivity index (χ1) is 10.1. The van der Waals surface area contributed by atoms with Crippen molar-refractivity contribution in [2.24, 2.45) is 0 Å². The maximum atomic E-state index is 12.4. The maximum absolute atomic E-state index is 12.4. The summed E-state index contributed by atoms with van der Waals surface area (Å²) in [4.78, 5) is 12.4. The monoisotopic (exact) mass is 393 g/mol. The molecule has 2 aromatic carbocycles. The fourth-order valence-corrected chi connectivity index (χ4v) is 3.27. The van der Waals surface area contributed by atoms with E-state index in [0.717, 1.165) is 28.5 Å². The van der Waals surface area contributed by atoms with Gasteiger partial charge in [-0.2, -0.15) is 0 Å². The molecule has 1 aliphatic rings. The van der Waals surface area contributed by atoms with E-state index in [1.54, 1.807) is 18.2 Å². The molecule has 108 valence electrons. The SMILES string of the molecule is O=C(Nc1cccc2c1CCCC2)c1cc(I)ccc1O. The van der Waals surface area contributed by atoms with E-state index in [-0.39, 0.29) is 11.7 Å². The van der Waals surface area contributed by atoms with E-state index in [0.29, 0.717) is 5.56 Å². The minimum absolute atomic E-state index is 0.0118. The fraction of sp³-hybridized carbons (Fsp3) is 0.235. The number of amides is 1. The molecule has 2 N–H and O–H groups in total. The standard InChI is InChI=1S/C17H16INO2/c18-12-8-9-16(20)14(10-12)17(21)19-15-7-3-5-11-4-1-2-6-13(11)15/h3,5,7-10,20H,1-2,4,6H2,(H,19,21). The van der Waals surface area contributed by atoms with Crippen molar-refractivity contribution in [3.8, 4) is 5.75 Å². The van der Waals surface area contributed by atoms with Crippen LogP contribution >= 0.6 is 22.6 Å². The number of halogens is 1. The molecule has 0 atom stereocenters. The zero-order valence-electron chi connectivity index (χ0n) is 11.5. The molecule has 4 heteroatoms. The third kappa shape index (κ3) is 3.05. The van der Waals surface area contributed by atoms with Gasteiger partial charge in [0.1, 0.15) is 5.75 Å². The lowest BCUT2D eigenvalue weighted by atomic mass is 9.90. The van der Waals surface area contributed by atoms with Crippen molar-refractivity contribution in [2.75, 3.05) is 5.32 Å². The van der Waals surface area contributed by atoms with Gasteiger partial charge in [0.15, 0.2) is 0 Å². The number of aromatic hydroxyl groups is 1. The number of hydrogen-bond acceptors (Lipinski definition) is 2. The minimum atomic E-state index is -0.259. The Morgan fingerprint density at radius 2 is 1.95 bits per heavy atom. The smallest absolute Gasteiger partial charge is 0.259 e. The van der Waals surface area contributed by atoms with Gasteiger partial charge < -0.3 is 10.4 Å². The van der Waals surface area contributed by atoms with Gasteiger partial charge in [-0.1, -0.05) is 12.1 Å². The van der Waals surface area contributed by atoms with Crippen molar-refractivity contribution in [1.82, 2.24) is 0 Å². The first-order valence-electron chi connectivity index (χ1n) is 7.06. The van der Waals surface area contributed by atoms with Gasteiger partial charge >= 0.3 is 0 Å². The zero-order valence-corrected chi connectivity index (χ0v) is 13.7. The highest BCUT2D eigenvalue weighted by Gasteiger charge is 2.17. The Balaban J connectivity index is 1.90. The summed E-state index contributed by atoms with van der Waals surface area (Å²) in [6, 6.07) is 11.1. The van der Waals surface area contributed by atoms with Crippen LogP contribution < -0.4 is 5.32 Å². The Kier molecular flexibility index (Phi) is 4.14. The van der Waals surface area contributed by atoms with Crippen molar-refractivity contribution < 1.29 is 9.90 Å². The van der Waals surface area contributed by atoms with Crippen molar-refractivity contribution in [2.45, 2.75) is 25.7 Å². The molecule has 0 saturated heterocycles. The van der Waals surface area contributed by atoms with E-state index in [9.17, 15) is 9.90 Å². The van der Waals surface area contributed by atoms with Crippen LogP contribution in [-0.4, -0.2) is 11.0 Å². The van der Waals surface area contributed by atoms with Crippen molar-refractivity contribution >= 4 is 34.2 Å². The highest BCUT2D eigenvalue weighted by atomic mass is 127. The molecule has 0 radical (unpaired) electrons. The second-order valence-corrected chi connectivity index (χ2v) is 6.51. The second kappa shape index (κ2) is 6.05. The Morgan fingerprint density at radius 1 is 1.14 bits per heavy atom. The van der Waals surface area contributed by atoms with E-state index in [2.05, 4.69) is 34.0 Å². The predicted octanol–water partition coefficient (Wildman–Crippen LogP) is 4.13. The summed E-state index contributed by atoms with van der Waals surface area (Å²) in [5, 5.41) is 12.8. The van der Waals surface area contributed by atoms with Crippen LogP contribution in [0.1, 0.15) is 34.3 Å². The second-order valence-electron chi connectivity index (χ2n) is 5.27. The molecule has 0 fully saturated rings. The molecule has 2 aromatic rings. The molecule has 0 bridgehead atoms. The number of benzene rings is 2. The maximum Gasteiger partial charge on any atom is 0.259 e. The highest BCUT2D eigenvalue weighted by molar-refractivity contribution is 14.1. The zero-order chi connectivity index (χ0) is 14.8. The third-order valence-electron chi connectivity index (χ3n) is 3.85. The molecule has 3 rings (SSSR count). The first-order valence-corrected chi connectivity index (χ1v) is 8.13. The van der Waals surface area contributed by atoms with Crippen molar-refractivity contribution in [3.63, 3.8) is 0 Å². The van der Waals surface area contributed by atoms with Gasteiger partial charge in [-0.3, -0.25) is 4.79 Å². The molecule has 3 nitrogen and oxygen atoms in total. The largest absolute Gasteiger partial charge is 0.507 e. The molecule has 1 aliphatic carbocycles. The van der Waals surface area contributed by atoms with Crippen molar-refractivity contribution in [1.29, 1.82) is 0 Å². The van der Waals surface area contributed by atoms with Crippen LogP contribution in [0.25, 0.3) is 0 Å². The Hall–Kier alpha value is -1.56. The number of rotatable bonds is 2. The normalized spacial score (nSPS) is 13.6. The van der Waals surface area contributed by atoms with Crippen LogP contribution in [0.3, 0.4) is 0 Å². The summed E-state index contributed by atoms with van der Waals surface area (Å²) in [7, 11) is 0. The molecule has 0 spiro atoms. The Bertz CT molecular complexity index is 697. The van der Waals surface area contributed by atoms with Crippen LogP contribution in [0, 0.1) is 3.57 Å². The molecule has 0 aliphatic heterocycles. The molecular weight excluding hydrogens is 377 g/mol. The number of fused-ring (bicyclic) bond motifs is 1. The summed E-state index contributed by atoms with van der Waals surface area (Å²) in [5.74, 6) is -0.247. The van der Waals surface area contributed by atoms with Crippen LogP contribution in [0.5, 0.6) is 5.75 Å². The van der Waals surface area contributed by atoms with Crippen LogP contribution in [0.15, 0.2) is 36.4 Å². The van der Waals surface area contributed by atoms with E-state index < -0.39 is 0 Å². The predicted molar refractivity (Wildman–Crippen MR) is 91.9 cm³/mol. The van der Waals surface area contributed by atoms with Gasteiger partial charge in [-0.15, -0.1) is 0 Å². The quantitative estimate of drug-likeness (QED) is 0.754. The number of phenolic OH excluding ortho intramolecular Hbond substituents is 1. The Labute approximate surface area is 137 Å². The summed E-state index contributed by atoms with van der Waals surface area (Å²) < 4.78 is 0.922. The average molecular weight is 393 g/mol. The van der Waals surface area contributed by atoms with E-state index in [1.165, 1.54) is 17.5 Å². The van der Waals surface area contributed by atoms with Crippen LogP contribution in [-0.2, 0) is 12.8 Å². The average Bonchev–Trinajstić information content (AvgIpc) is 2.50. The topological polar surface area (TPSA) is 49.3 Å². The highest BCUT2D eigenvalue weighted by Crippen LogP contribution is 2.29. The minimum Gasteiger partial charge on any atom is -0.507 e. The summed E-state index contributed by atoms with van der Waals surface area (Å²) in [6.07, 6.45) is 4.45. The van der Waals surface area contributed by atoms with Gasteiger partial charge in [-0.05, 0) is 83.7 Å². The molecular formula is C17H16INO2. The molecule has 0 heterocycles. The van der Waals surface area contributed by atoms with Crippen molar-refractivity contribution in [3.05, 3.63) is 56.7 Å². The van der Waals surface area contributed by atoms with E-state index in [1.807, 2.05) is 12.1 Å². The van der Waals surface area contributed by atoms with Gasteiger partial charge in [0.25, 0.3) is 5.91 Å². The number of hydrogen-bond donors (Lipinski definition) is 2. The van der Waals surface area contributed by atoms with Gasteiger partial charge in [0.2, 0.25) is 0 Å². The number of nitrogens with one attached hydrogen (secondary N) is 1. The molecule has 21 heavy (non-hydrogen) atoms. The number of anilines is 1. The molecule has 0 aromatic heterocycles. The first kappa shape index (κ1) is 14.4. The number of phenols is 1.